The molecule has 0 aromatic heterocycles. The number of halogens is 2. The maximum Gasteiger partial charge on any atom is 0.387 e. The first kappa shape index (κ1) is 21.9. The topological polar surface area (TPSA) is 65.1 Å². The quantitative estimate of drug-likeness (QED) is 0.594. The monoisotopic (exact) mass is 415 g/mol. The van der Waals surface area contributed by atoms with Gasteiger partial charge in [0, 0.05) is 13.1 Å². The summed E-state index contributed by atoms with van der Waals surface area (Å²) in [7, 11) is 1.15. The van der Waals surface area contributed by atoms with Crippen LogP contribution in [0.1, 0.15) is 5.56 Å². The number of ether oxygens (including phenoxy) is 3. The number of hydrogen-bond donors (Lipinski definition) is 0. The van der Waals surface area contributed by atoms with E-state index in [0.717, 1.165) is 5.56 Å². The van der Waals surface area contributed by atoms with Crippen LogP contribution >= 0.6 is 0 Å². The lowest BCUT2D eigenvalue weighted by atomic mass is 10.2. The van der Waals surface area contributed by atoms with Crippen LogP contribution in [-0.2, 0) is 16.4 Å². The van der Waals surface area contributed by atoms with E-state index in [1.54, 1.807) is 31.3 Å². The molecule has 0 unspecified atom stereocenters. The normalized spacial score (nSPS) is 11.7. The molecule has 0 aliphatic carbocycles. The lowest BCUT2D eigenvalue weighted by Gasteiger charge is -2.18. The van der Waals surface area contributed by atoms with Crippen molar-refractivity contribution in [2.24, 2.45) is 0 Å². The second-order valence-electron chi connectivity index (χ2n) is 6.10. The van der Waals surface area contributed by atoms with Crippen molar-refractivity contribution in [3.8, 4) is 17.2 Å². The summed E-state index contributed by atoms with van der Waals surface area (Å²) in [5.74, 6) is 0.549. The fourth-order valence-corrected chi connectivity index (χ4v) is 3.95. The molecule has 6 nitrogen and oxygen atoms in total. The highest BCUT2D eigenvalue weighted by molar-refractivity contribution is 7.91. The van der Waals surface area contributed by atoms with Crippen LogP contribution in [0.2, 0.25) is 0 Å². The van der Waals surface area contributed by atoms with Crippen LogP contribution in [-0.4, -0.2) is 53.5 Å². The highest BCUT2D eigenvalue weighted by Gasteiger charge is 2.17. The molecule has 0 spiro atoms. The van der Waals surface area contributed by atoms with E-state index in [2.05, 4.69) is 4.74 Å². The fourth-order valence-electron chi connectivity index (χ4n) is 2.58. The van der Waals surface area contributed by atoms with Crippen molar-refractivity contribution in [3.63, 3.8) is 0 Å². The molecule has 154 valence electrons. The Morgan fingerprint density at radius 2 is 1.79 bits per heavy atom. The average Bonchev–Trinajstić information content (AvgIpc) is 2.67. The first-order valence-electron chi connectivity index (χ1n) is 8.42. The van der Waals surface area contributed by atoms with Crippen LogP contribution in [0.3, 0.4) is 0 Å². The van der Waals surface area contributed by atoms with Crippen LogP contribution in [0.25, 0.3) is 0 Å². The summed E-state index contributed by atoms with van der Waals surface area (Å²) in [6.45, 7) is -2.24. The van der Waals surface area contributed by atoms with Gasteiger partial charge >= 0.3 is 6.61 Å². The molecule has 0 bridgehead atoms. The number of nitrogens with zero attached hydrogens (tertiary/aromatic N) is 1. The van der Waals surface area contributed by atoms with E-state index in [1.807, 2.05) is 4.90 Å². The van der Waals surface area contributed by atoms with Gasteiger partial charge in [0.05, 0.1) is 24.9 Å². The lowest BCUT2D eigenvalue weighted by molar-refractivity contribution is -0.0512. The van der Waals surface area contributed by atoms with Crippen LogP contribution in [0.15, 0.2) is 47.4 Å². The Labute approximate surface area is 163 Å². The van der Waals surface area contributed by atoms with Gasteiger partial charge in [-0.05, 0) is 42.9 Å². The molecule has 0 radical (unpaired) electrons. The predicted molar refractivity (Wildman–Crippen MR) is 101 cm³/mol. The highest BCUT2D eigenvalue weighted by Crippen LogP contribution is 2.29. The van der Waals surface area contributed by atoms with Crippen LogP contribution in [0.5, 0.6) is 17.2 Å². The summed E-state index contributed by atoms with van der Waals surface area (Å²) in [5, 5.41) is 0. The lowest BCUT2D eigenvalue weighted by Crippen LogP contribution is -2.25. The zero-order valence-electron chi connectivity index (χ0n) is 15.9. The van der Waals surface area contributed by atoms with Crippen LogP contribution < -0.4 is 14.2 Å². The summed E-state index contributed by atoms with van der Waals surface area (Å²) in [5.41, 5.74) is 0.778. The van der Waals surface area contributed by atoms with Gasteiger partial charge < -0.3 is 19.1 Å². The van der Waals surface area contributed by atoms with Gasteiger partial charge in [-0.1, -0.05) is 12.1 Å². The molecule has 0 aliphatic rings. The van der Waals surface area contributed by atoms with E-state index >= 15 is 0 Å². The fraction of sp³-hybridized carbons (Fsp3) is 0.368. The molecule has 0 aliphatic heterocycles. The second kappa shape index (κ2) is 9.70. The summed E-state index contributed by atoms with van der Waals surface area (Å²) < 4.78 is 64.4. The van der Waals surface area contributed by atoms with Crippen molar-refractivity contribution in [1.29, 1.82) is 0 Å². The minimum atomic E-state index is -3.46. The Hall–Kier alpha value is -2.39. The number of sulfone groups is 1. The molecule has 9 heteroatoms. The van der Waals surface area contributed by atoms with Gasteiger partial charge in [0.25, 0.3) is 0 Å². The van der Waals surface area contributed by atoms with Crippen molar-refractivity contribution in [3.05, 3.63) is 48.0 Å². The molecule has 0 N–H and O–H groups in total. The minimum absolute atomic E-state index is 0.0514. The second-order valence-corrected chi connectivity index (χ2v) is 8.21. The SMILES string of the molecule is COc1cccc(S(=O)(=O)CCN(C)Cc2ccc(OC(F)F)c(OC)c2)c1. The van der Waals surface area contributed by atoms with Gasteiger partial charge in [0.15, 0.2) is 21.3 Å². The zero-order chi connectivity index (χ0) is 20.7. The molecule has 2 aromatic rings. The largest absolute Gasteiger partial charge is 0.497 e. The molecule has 0 fully saturated rings. The smallest absolute Gasteiger partial charge is 0.387 e. The summed E-state index contributed by atoms with van der Waals surface area (Å²) in [6.07, 6.45) is 0. The van der Waals surface area contributed by atoms with Crippen molar-refractivity contribution in [1.82, 2.24) is 4.90 Å². The Morgan fingerprint density at radius 1 is 1.04 bits per heavy atom. The first-order valence-corrected chi connectivity index (χ1v) is 10.1. The third kappa shape index (κ3) is 6.07. The molecular formula is C19H23F2NO5S. The zero-order valence-corrected chi connectivity index (χ0v) is 16.7. The van der Waals surface area contributed by atoms with Crippen molar-refractivity contribution < 1.29 is 31.4 Å². The number of methoxy groups -OCH3 is 2. The third-order valence-corrected chi connectivity index (χ3v) is 5.73. The van der Waals surface area contributed by atoms with Gasteiger partial charge in [-0.3, -0.25) is 0 Å². The van der Waals surface area contributed by atoms with E-state index in [9.17, 15) is 17.2 Å². The number of benzene rings is 2. The molecule has 2 rings (SSSR count). The molecule has 0 heterocycles. The maximum absolute atomic E-state index is 12.5. The van der Waals surface area contributed by atoms with E-state index < -0.39 is 16.4 Å². The predicted octanol–water partition coefficient (Wildman–Crippen LogP) is 3.21. The third-order valence-electron chi connectivity index (χ3n) is 4.04. The van der Waals surface area contributed by atoms with Crippen molar-refractivity contribution in [2.45, 2.75) is 18.1 Å². The molecule has 0 atom stereocenters. The van der Waals surface area contributed by atoms with Gasteiger partial charge in [0.2, 0.25) is 0 Å². The van der Waals surface area contributed by atoms with E-state index in [0.29, 0.717) is 12.3 Å². The van der Waals surface area contributed by atoms with Gasteiger partial charge in [-0.25, -0.2) is 8.42 Å². The summed E-state index contributed by atoms with van der Waals surface area (Å²) in [6, 6.07) is 11.0. The van der Waals surface area contributed by atoms with Gasteiger partial charge in [-0.15, -0.1) is 0 Å². The Balaban J connectivity index is 2.00. The number of rotatable bonds is 10. The average molecular weight is 415 g/mol. The Bertz CT molecular complexity index is 890. The minimum Gasteiger partial charge on any atom is -0.497 e. The molecule has 0 amide bonds. The van der Waals surface area contributed by atoms with Gasteiger partial charge in [0.1, 0.15) is 5.75 Å². The standard InChI is InChI=1S/C19H23F2NO5S/c1-22(9-10-28(23,24)16-6-4-5-15(12-16)25-2)13-14-7-8-17(27-19(20)21)18(11-14)26-3/h4-8,11-12,19H,9-10,13H2,1-3H3. The van der Waals surface area contributed by atoms with Crippen LogP contribution in [0, 0.1) is 0 Å². The summed E-state index contributed by atoms with van der Waals surface area (Å²) >= 11 is 0. The number of hydrogen-bond acceptors (Lipinski definition) is 6. The summed E-state index contributed by atoms with van der Waals surface area (Å²) in [4.78, 5) is 2.02. The molecule has 0 saturated heterocycles. The molecule has 2 aromatic carbocycles. The van der Waals surface area contributed by atoms with Crippen LogP contribution in [0.4, 0.5) is 8.78 Å². The maximum atomic E-state index is 12.5. The van der Waals surface area contributed by atoms with E-state index in [4.69, 9.17) is 9.47 Å². The molecule has 0 saturated carbocycles. The Morgan fingerprint density at radius 3 is 2.43 bits per heavy atom. The Kier molecular flexibility index (Phi) is 7.59. The van der Waals surface area contributed by atoms with E-state index in [-0.39, 0.29) is 28.7 Å². The highest BCUT2D eigenvalue weighted by atomic mass is 32.2. The molecular weight excluding hydrogens is 392 g/mol. The van der Waals surface area contributed by atoms with Crippen molar-refractivity contribution >= 4 is 9.84 Å². The number of alkyl halides is 2. The first-order chi connectivity index (χ1) is 13.2. The van der Waals surface area contributed by atoms with E-state index in [1.165, 1.54) is 32.4 Å². The van der Waals surface area contributed by atoms with Gasteiger partial charge in [-0.2, -0.15) is 8.78 Å². The van der Waals surface area contributed by atoms with Crippen molar-refractivity contribution in [2.75, 3.05) is 33.6 Å². The molecule has 28 heavy (non-hydrogen) atoms.